The molecular formula is C7H17NO3. The van der Waals surface area contributed by atoms with Crippen molar-refractivity contribution in [1.29, 1.82) is 0 Å². The van der Waals surface area contributed by atoms with Gasteiger partial charge in [0.25, 0.3) is 0 Å². The average molecular weight is 163 g/mol. The summed E-state index contributed by atoms with van der Waals surface area (Å²) in [5.74, 6) is -1.44. The van der Waals surface area contributed by atoms with Gasteiger partial charge in [0, 0.05) is 0 Å². The van der Waals surface area contributed by atoms with Gasteiger partial charge in [0.15, 0.2) is 0 Å². The zero-order valence-corrected chi connectivity index (χ0v) is 7.79. The maximum Gasteiger partial charge on any atom is 0.0905 e. The third kappa shape index (κ3) is 44.6. The lowest BCUT2D eigenvalue weighted by Gasteiger charge is -2.14. The molecule has 0 aromatic rings. The molecule has 0 rings (SSSR count). The Bertz CT molecular complexity index is 109. The SMILES string of the molecule is CC(O)C(=O)[O-].C[N+](C)(C)C. The zero-order valence-electron chi connectivity index (χ0n) is 7.79. The molecule has 0 aromatic heterocycles. The number of aliphatic carboxylic acids is 1. The van der Waals surface area contributed by atoms with E-state index in [1.54, 1.807) is 0 Å². The molecule has 11 heavy (non-hydrogen) atoms. The molecule has 0 bridgehead atoms. The van der Waals surface area contributed by atoms with Gasteiger partial charge in [-0.2, -0.15) is 0 Å². The summed E-state index contributed by atoms with van der Waals surface area (Å²) >= 11 is 0. The number of carboxylic acids is 1. The number of aliphatic hydroxyl groups excluding tert-OH is 1. The molecule has 1 N–H and O–H groups in total. The zero-order chi connectivity index (χ0) is 9.65. The molecule has 1 atom stereocenters. The van der Waals surface area contributed by atoms with Crippen LogP contribution in [0.1, 0.15) is 6.92 Å². The largest absolute Gasteiger partial charge is 0.547 e. The molecule has 0 aliphatic heterocycles. The summed E-state index contributed by atoms with van der Waals surface area (Å²) in [6.07, 6.45) is -1.34. The molecule has 0 spiro atoms. The predicted octanol–water partition coefficient (Wildman–Crippen LogP) is -1.56. The number of carbonyl (C=O) groups is 1. The minimum atomic E-state index is -1.44. The van der Waals surface area contributed by atoms with Crippen molar-refractivity contribution >= 4 is 5.97 Å². The maximum atomic E-state index is 9.34. The van der Waals surface area contributed by atoms with E-state index in [2.05, 4.69) is 28.2 Å². The van der Waals surface area contributed by atoms with Crippen molar-refractivity contribution in [1.82, 2.24) is 0 Å². The van der Waals surface area contributed by atoms with Gasteiger partial charge in [-0.05, 0) is 6.92 Å². The minimum Gasteiger partial charge on any atom is -0.547 e. The highest BCUT2D eigenvalue weighted by atomic mass is 16.4. The quantitative estimate of drug-likeness (QED) is 0.476. The lowest BCUT2D eigenvalue weighted by molar-refractivity contribution is -0.849. The van der Waals surface area contributed by atoms with Gasteiger partial charge in [0.1, 0.15) is 0 Å². The van der Waals surface area contributed by atoms with Crippen LogP contribution in [0.25, 0.3) is 0 Å². The van der Waals surface area contributed by atoms with Crippen molar-refractivity contribution in [2.75, 3.05) is 28.2 Å². The molecule has 0 aromatic carbocycles. The molecule has 68 valence electrons. The fraction of sp³-hybridized carbons (Fsp3) is 0.857. The topological polar surface area (TPSA) is 60.4 Å². The van der Waals surface area contributed by atoms with Crippen LogP contribution in [0.2, 0.25) is 0 Å². The van der Waals surface area contributed by atoms with Crippen molar-refractivity contribution < 1.29 is 19.5 Å². The van der Waals surface area contributed by atoms with Crippen LogP contribution in [0.15, 0.2) is 0 Å². The van der Waals surface area contributed by atoms with Gasteiger partial charge in [0.2, 0.25) is 0 Å². The molecule has 0 radical (unpaired) electrons. The monoisotopic (exact) mass is 163 g/mol. The lowest BCUT2D eigenvalue weighted by Crippen LogP contribution is -2.32. The molecule has 0 aliphatic rings. The van der Waals surface area contributed by atoms with Crippen LogP contribution in [-0.2, 0) is 4.79 Å². The Morgan fingerprint density at radius 1 is 1.36 bits per heavy atom. The second-order valence-electron chi connectivity index (χ2n) is 3.68. The van der Waals surface area contributed by atoms with Crippen LogP contribution in [-0.4, -0.2) is 49.9 Å². The van der Waals surface area contributed by atoms with Crippen LogP contribution < -0.4 is 5.11 Å². The molecule has 4 nitrogen and oxygen atoms in total. The number of hydrogen-bond acceptors (Lipinski definition) is 3. The first-order chi connectivity index (χ1) is 4.64. The second kappa shape index (κ2) is 5.09. The van der Waals surface area contributed by atoms with Crippen molar-refractivity contribution in [3.8, 4) is 0 Å². The number of hydrogen-bond donors (Lipinski definition) is 1. The summed E-state index contributed by atoms with van der Waals surface area (Å²) < 4.78 is 1.00. The molecule has 0 fully saturated rings. The second-order valence-corrected chi connectivity index (χ2v) is 3.68. The van der Waals surface area contributed by atoms with Gasteiger partial charge in [-0.15, -0.1) is 0 Å². The van der Waals surface area contributed by atoms with Crippen LogP contribution in [0.5, 0.6) is 0 Å². The van der Waals surface area contributed by atoms with Gasteiger partial charge in [0.05, 0.1) is 40.3 Å². The fourth-order valence-electron chi connectivity index (χ4n) is 0. The first-order valence-electron chi connectivity index (χ1n) is 3.32. The third-order valence-electron chi connectivity index (χ3n) is 0.341. The molecule has 0 heterocycles. The Morgan fingerprint density at radius 2 is 1.45 bits per heavy atom. The van der Waals surface area contributed by atoms with E-state index in [1.165, 1.54) is 0 Å². The van der Waals surface area contributed by atoms with Crippen molar-refractivity contribution in [2.24, 2.45) is 0 Å². The van der Waals surface area contributed by atoms with Crippen LogP contribution >= 0.6 is 0 Å². The summed E-state index contributed by atoms with van der Waals surface area (Å²) in [5, 5.41) is 17.3. The van der Waals surface area contributed by atoms with Crippen LogP contribution in [0.4, 0.5) is 0 Å². The van der Waals surface area contributed by atoms with E-state index >= 15 is 0 Å². The minimum absolute atomic E-state index is 1.00. The standard InChI is InChI=1S/C4H12N.C3H6O3/c1-5(2,3)4;1-2(4)3(5)6/h1-4H3;2,4H,1H3,(H,5,6)/q+1;/p-1. The highest BCUT2D eigenvalue weighted by Gasteiger charge is 1.89. The Balaban J connectivity index is 0. The Morgan fingerprint density at radius 3 is 1.45 bits per heavy atom. The lowest BCUT2D eigenvalue weighted by atomic mass is 10.4. The normalized spacial score (nSPS) is 12.9. The van der Waals surface area contributed by atoms with E-state index in [-0.39, 0.29) is 0 Å². The van der Waals surface area contributed by atoms with Gasteiger partial charge < -0.3 is 19.5 Å². The molecule has 1 unspecified atom stereocenters. The Kier molecular flexibility index (Phi) is 6.03. The molecule has 0 saturated heterocycles. The molecule has 0 saturated carbocycles. The van der Waals surface area contributed by atoms with Gasteiger partial charge in [-0.1, -0.05) is 0 Å². The van der Waals surface area contributed by atoms with Gasteiger partial charge >= 0.3 is 0 Å². The van der Waals surface area contributed by atoms with Crippen molar-refractivity contribution in [3.05, 3.63) is 0 Å². The first-order valence-corrected chi connectivity index (χ1v) is 3.32. The molecule has 0 amide bonds. The van der Waals surface area contributed by atoms with Crippen LogP contribution in [0.3, 0.4) is 0 Å². The van der Waals surface area contributed by atoms with Crippen molar-refractivity contribution in [2.45, 2.75) is 13.0 Å². The number of quaternary nitrogens is 1. The highest BCUT2D eigenvalue weighted by Crippen LogP contribution is 1.73. The summed E-state index contributed by atoms with van der Waals surface area (Å²) in [6, 6.07) is 0. The third-order valence-corrected chi connectivity index (χ3v) is 0.341. The highest BCUT2D eigenvalue weighted by molar-refractivity contribution is 5.68. The average Bonchev–Trinajstić information content (AvgIpc) is 1.59. The van der Waals surface area contributed by atoms with E-state index in [0.717, 1.165) is 11.4 Å². The fourth-order valence-corrected chi connectivity index (χ4v) is 0. The van der Waals surface area contributed by atoms with Crippen molar-refractivity contribution in [3.63, 3.8) is 0 Å². The molecule has 0 aliphatic carbocycles. The van der Waals surface area contributed by atoms with E-state index in [4.69, 9.17) is 5.11 Å². The van der Waals surface area contributed by atoms with Crippen LogP contribution in [0, 0.1) is 0 Å². The summed E-state index contributed by atoms with van der Waals surface area (Å²) in [7, 11) is 8.50. The Labute approximate surface area is 67.7 Å². The molecular weight excluding hydrogens is 146 g/mol. The summed E-state index contributed by atoms with van der Waals surface area (Å²) in [5.41, 5.74) is 0. The smallest absolute Gasteiger partial charge is 0.0905 e. The number of aliphatic hydroxyl groups is 1. The predicted molar refractivity (Wildman–Crippen MR) is 40.6 cm³/mol. The molecule has 4 heteroatoms. The Hall–Kier alpha value is -0.610. The van der Waals surface area contributed by atoms with E-state index in [0.29, 0.717) is 0 Å². The summed E-state index contributed by atoms with van der Waals surface area (Å²) in [6.45, 7) is 1.13. The number of carboxylic acid groups (broad SMARTS) is 1. The van der Waals surface area contributed by atoms with E-state index in [1.807, 2.05) is 0 Å². The maximum absolute atomic E-state index is 9.34. The number of carbonyl (C=O) groups excluding carboxylic acids is 1. The number of nitrogens with zero attached hydrogens (tertiary/aromatic N) is 1. The van der Waals surface area contributed by atoms with E-state index in [9.17, 15) is 9.90 Å². The van der Waals surface area contributed by atoms with Gasteiger partial charge in [-0.3, -0.25) is 0 Å². The van der Waals surface area contributed by atoms with E-state index < -0.39 is 12.1 Å². The first kappa shape index (κ1) is 13.0. The number of rotatable bonds is 1. The summed E-state index contributed by atoms with van der Waals surface area (Å²) in [4.78, 5) is 9.34. The van der Waals surface area contributed by atoms with Gasteiger partial charge in [-0.25, -0.2) is 0 Å².